The lowest BCUT2D eigenvalue weighted by atomic mass is 9.88. The highest BCUT2D eigenvalue weighted by atomic mass is 16.5. The molecule has 0 saturated carbocycles. The van der Waals surface area contributed by atoms with Crippen molar-refractivity contribution in [2.24, 2.45) is 5.41 Å². The molecule has 0 aliphatic carbocycles. The van der Waals surface area contributed by atoms with Crippen LogP contribution in [0.5, 0.6) is 0 Å². The minimum Gasteiger partial charge on any atom is -0.474 e. The summed E-state index contributed by atoms with van der Waals surface area (Å²) in [6.45, 7) is 19.9. The SMILES string of the molecule is C=C.C=C.C=COC=C.CCC(CO)(CO)CO. The van der Waals surface area contributed by atoms with Gasteiger partial charge in [-0.05, 0) is 6.42 Å². The Morgan fingerprint density at radius 2 is 1.17 bits per heavy atom. The third-order valence-corrected chi connectivity index (χ3v) is 1.95. The van der Waals surface area contributed by atoms with Crippen LogP contribution in [-0.2, 0) is 4.74 Å². The zero-order valence-corrected chi connectivity index (χ0v) is 11.5. The number of hydrogen-bond donors (Lipinski definition) is 3. The standard InChI is InChI=1S/C6H14O3.C4H6O.2C2H4/c1-2-6(3-7,4-8)5-9;1-3-5-4-2;2*1-2/h7-9H,2-5H2,1H3;3-4H,1-2H2;2*1-2H2. The summed E-state index contributed by atoms with van der Waals surface area (Å²) < 4.78 is 4.36. The molecule has 3 N–H and O–H groups in total. The molecule has 0 aromatic rings. The van der Waals surface area contributed by atoms with E-state index in [0.717, 1.165) is 0 Å². The Morgan fingerprint density at radius 1 is 0.889 bits per heavy atom. The van der Waals surface area contributed by atoms with Crippen LogP contribution in [0.2, 0.25) is 0 Å². The van der Waals surface area contributed by atoms with Crippen LogP contribution >= 0.6 is 0 Å². The van der Waals surface area contributed by atoms with Crippen molar-refractivity contribution in [2.45, 2.75) is 13.3 Å². The van der Waals surface area contributed by atoms with E-state index in [2.05, 4.69) is 44.2 Å². The summed E-state index contributed by atoms with van der Waals surface area (Å²) in [7, 11) is 0. The predicted molar refractivity (Wildman–Crippen MR) is 78.0 cm³/mol. The Bertz CT molecular complexity index is 140. The summed E-state index contributed by atoms with van der Waals surface area (Å²) in [6.07, 6.45) is 3.22. The molecule has 0 amide bonds. The Balaban J connectivity index is -0.0000000925. The second-order valence-electron chi connectivity index (χ2n) is 2.80. The third kappa shape index (κ3) is 17.0. The van der Waals surface area contributed by atoms with Crippen LogP contribution in [0.4, 0.5) is 0 Å². The van der Waals surface area contributed by atoms with Gasteiger partial charge < -0.3 is 20.1 Å². The second kappa shape index (κ2) is 24.7. The molecule has 108 valence electrons. The van der Waals surface area contributed by atoms with Gasteiger partial charge in [-0.15, -0.1) is 26.3 Å². The van der Waals surface area contributed by atoms with Gasteiger partial charge >= 0.3 is 0 Å². The minimum atomic E-state index is -0.667. The third-order valence-electron chi connectivity index (χ3n) is 1.95. The first kappa shape index (κ1) is 25.5. The van der Waals surface area contributed by atoms with E-state index in [1.54, 1.807) is 0 Å². The molecule has 0 heterocycles. The van der Waals surface area contributed by atoms with Crippen LogP contribution in [0.3, 0.4) is 0 Å². The molecule has 0 fully saturated rings. The fraction of sp³-hybridized carbons (Fsp3) is 0.429. The largest absolute Gasteiger partial charge is 0.474 e. The molecule has 0 aliphatic heterocycles. The van der Waals surface area contributed by atoms with Crippen molar-refractivity contribution in [3.8, 4) is 0 Å². The fourth-order valence-electron chi connectivity index (χ4n) is 0.553. The van der Waals surface area contributed by atoms with Crippen molar-refractivity contribution in [1.82, 2.24) is 0 Å². The first-order valence-corrected chi connectivity index (χ1v) is 5.36. The Labute approximate surface area is 111 Å². The quantitative estimate of drug-likeness (QED) is 0.506. The maximum atomic E-state index is 8.66. The first-order chi connectivity index (χ1) is 8.66. The van der Waals surface area contributed by atoms with E-state index in [-0.39, 0.29) is 19.8 Å². The average Bonchev–Trinajstić information content (AvgIpc) is 2.48. The Morgan fingerprint density at radius 3 is 1.17 bits per heavy atom. The highest BCUT2D eigenvalue weighted by molar-refractivity contribution is 4.74. The molecule has 0 spiro atoms. The maximum Gasteiger partial charge on any atom is 0.0829 e. The van der Waals surface area contributed by atoms with Crippen molar-refractivity contribution in [3.63, 3.8) is 0 Å². The summed E-state index contributed by atoms with van der Waals surface area (Å²) in [6, 6.07) is 0. The second-order valence-corrected chi connectivity index (χ2v) is 2.80. The molecule has 0 bridgehead atoms. The van der Waals surface area contributed by atoms with Gasteiger partial charge in [0.2, 0.25) is 0 Å². The Kier molecular flexibility index (Phi) is 35.0. The maximum absolute atomic E-state index is 8.66. The van der Waals surface area contributed by atoms with Gasteiger partial charge in [0.25, 0.3) is 0 Å². The van der Waals surface area contributed by atoms with Crippen molar-refractivity contribution >= 4 is 0 Å². The topological polar surface area (TPSA) is 69.9 Å². The lowest BCUT2D eigenvalue weighted by molar-refractivity contribution is 0.00304. The molecule has 4 heteroatoms. The fourth-order valence-corrected chi connectivity index (χ4v) is 0.553. The number of ether oxygens (including phenoxy) is 1. The van der Waals surface area contributed by atoms with E-state index >= 15 is 0 Å². The molecule has 0 aromatic carbocycles. The monoisotopic (exact) mass is 260 g/mol. The average molecular weight is 260 g/mol. The van der Waals surface area contributed by atoms with Gasteiger partial charge in [-0.1, -0.05) is 20.1 Å². The van der Waals surface area contributed by atoms with E-state index in [4.69, 9.17) is 15.3 Å². The highest BCUT2D eigenvalue weighted by Crippen LogP contribution is 2.18. The molecule has 0 unspecified atom stereocenters. The Hall–Kier alpha value is -1.36. The summed E-state index contributed by atoms with van der Waals surface area (Å²) in [4.78, 5) is 0. The van der Waals surface area contributed by atoms with Crippen LogP contribution < -0.4 is 0 Å². The summed E-state index contributed by atoms with van der Waals surface area (Å²) in [5.74, 6) is 0. The zero-order valence-electron chi connectivity index (χ0n) is 11.5. The van der Waals surface area contributed by atoms with E-state index in [1.165, 1.54) is 12.5 Å². The van der Waals surface area contributed by atoms with Crippen molar-refractivity contribution < 1.29 is 20.1 Å². The number of hydrogen-bond acceptors (Lipinski definition) is 4. The van der Waals surface area contributed by atoms with Crippen LogP contribution in [0.15, 0.2) is 52.0 Å². The van der Waals surface area contributed by atoms with Gasteiger partial charge in [0.1, 0.15) is 0 Å². The molecular weight excluding hydrogens is 232 g/mol. The van der Waals surface area contributed by atoms with Crippen LogP contribution in [0.25, 0.3) is 0 Å². The van der Waals surface area contributed by atoms with E-state index in [9.17, 15) is 0 Å². The highest BCUT2D eigenvalue weighted by Gasteiger charge is 2.24. The lowest BCUT2D eigenvalue weighted by Crippen LogP contribution is -2.32. The molecule has 0 aliphatic rings. The summed E-state index contributed by atoms with van der Waals surface area (Å²) in [5, 5.41) is 26.0. The van der Waals surface area contributed by atoms with E-state index in [1.807, 2.05) is 6.92 Å². The number of rotatable bonds is 6. The van der Waals surface area contributed by atoms with Gasteiger partial charge in [-0.2, -0.15) is 0 Å². The summed E-state index contributed by atoms with van der Waals surface area (Å²) >= 11 is 0. The van der Waals surface area contributed by atoms with Crippen LogP contribution in [0, 0.1) is 5.41 Å². The van der Waals surface area contributed by atoms with E-state index in [0.29, 0.717) is 6.42 Å². The summed E-state index contributed by atoms with van der Waals surface area (Å²) in [5.41, 5.74) is -0.667. The first-order valence-electron chi connectivity index (χ1n) is 5.36. The molecule has 0 aromatic heterocycles. The van der Waals surface area contributed by atoms with Crippen LogP contribution in [-0.4, -0.2) is 35.1 Å². The van der Waals surface area contributed by atoms with Gasteiger partial charge in [0.15, 0.2) is 0 Å². The molecule has 0 atom stereocenters. The minimum absolute atomic E-state index is 0.156. The normalized spacial score (nSPS) is 8.00. The molecular formula is C14H28O4. The zero-order chi connectivity index (χ0) is 15.4. The molecule has 4 nitrogen and oxygen atoms in total. The van der Waals surface area contributed by atoms with Gasteiger partial charge in [0, 0.05) is 5.41 Å². The number of aliphatic hydroxyl groups excluding tert-OH is 3. The van der Waals surface area contributed by atoms with Crippen LogP contribution in [0.1, 0.15) is 13.3 Å². The molecule has 0 radical (unpaired) electrons. The van der Waals surface area contributed by atoms with Crippen molar-refractivity contribution in [3.05, 3.63) is 52.0 Å². The van der Waals surface area contributed by atoms with Crippen molar-refractivity contribution in [1.29, 1.82) is 0 Å². The molecule has 0 rings (SSSR count). The van der Waals surface area contributed by atoms with Gasteiger partial charge in [0.05, 0.1) is 32.3 Å². The predicted octanol–water partition coefficient (Wildman–Crippen LogP) is 2.25. The molecule has 18 heavy (non-hydrogen) atoms. The lowest BCUT2D eigenvalue weighted by Gasteiger charge is -2.24. The molecule has 0 saturated heterocycles. The number of aliphatic hydroxyl groups is 3. The van der Waals surface area contributed by atoms with Gasteiger partial charge in [-0.25, -0.2) is 0 Å². The smallest absolute Gasteiger partial charge is 0.0829 e. The van der Waals surface area contributed by atoms with Gasteiger partial charge in [-0.3, -0.25) is 0 Å². The van der Waals surface area contributed by atoms with Crippen molar-refractivity contribution in [2.75, 3.05) is 19.8 Å². The van der Waals surface area contributed by atoms with E-state index < -0.39 is 5.41 Å².